The van der Waals surface area contributed by atoms with Crippen LogP contribution in [0.4, 0.5) is 5.69 Å². The summed E-state index contributed by atoms with van der Waals surface area (Å²) in [5.74, 6) is 0.901. The van der Waals surface area contributed by atoms with Crippen LogP contribution in [-0.4, -0.2) is 48.3 Å². The first-order chi connectivity index (χ1) is 14.4. The average molecular weight is 412 g/mol. The van der Waals surface area contributed by atoms with Crippen molar-refractivity contribution in [2.24, 2.45) is 0 Å². The Morgan fingerprint density at radius 2 is 1.80 bits per heavy atom. The normalized spacial score (nSPS) is 15.7. The lowest BCUT2D eigenvalue weighted by Gasteiger charge is -2.24. The Kier molecular flexibility index (Phi) is 6.66. The summed E-state index contributed by atoms with van der Waals surface area (Å²) in [6.45, 7) is 0.607. The molecule has 0 radical (unpaired) electrons. The average Bonchev–Trinajstić information content (AvgIpc) is 3.21. The van der Waals surface area contributed by atoms with E-state index in [1.54, 1.807) is 35.2 Å². The van der Waals surface area contributed by atoms with Gasteiger partial charge in [0.15, 0.2) is 17.3 Å². The van der Waals surface area contributed by atoms with Gasteiger partial charge in [-0.05, 0) is 36.6 Å². The SMILES string of the molecule is COc1ccc(C(=O)C[C@H]2CCCN2C(=O)Cc2ccc([N+](=O)[O-])cc2)cc1OC. The molecule has 2 aromatic carbocycles. The third-order valence-corrected chi connectivity index (χ3v) is 5.33. The first kappa shape index (κ1) is 21.3. The molecule has 1 heterocycles. The molecule has 0 unspecified atom stereocenters. The summed E-state index contributed by atoms with van der Waals surface area (Å²) in [6, 6.07) is 10.9. The standard InChI is InChI=1S/C22H24N2O6/c1-29-20-10-7-16(13-21(20)30-2)19(25)14-18-4-3-11-23(18)22(26)12-15-5-8-17(9-6-15)24(27)28/h5-10,13,18H,3-4,11-12,14H2,1-2H3/t18-/m1/s1. The largest absolute Gasteiger partial charge is 0.493 e. The van der Waals surface area contributed by atoms with Gasteiger partial charge < -0.3 is 14.4 Å². The third-order valence-electron chi connectivity index (χ3n) is 5.33. The van der Waals surface area contributed by atoms with Crippen LogP contribution in [0.15, 0.2) is 42.5 Å². The number of nitro benzene ring substituents is 1. The fourth-order valence-electron chi connectivity index (χ4n) is 3.73. The Balaban J connectivity index is 1.65. The molecule has 1 aliphatic heterocycles. The minimum atomic E-state index is -0.470. The van der Waals surface area contributed by atoms with E-state index in [4.69, 9.17) is 9.47 Å². The molecule has 0 N–H and O–H groups in total. The predicted octanol–water partition coefficient (Wildman–Crippen LogP) is 3.42. The van der Waals surface area contributed by atoms with Crippen molar-refractivity contribution >= 4 is 17.4 Å². The van der Waals surface area contributed by atoms with Crippen molar-refractivity contribution in [1.29, 1.82) is 0 Å². The van der Waals surface area contributed by atoms with Crippen molar-refractivity contribution < 1.29 is 24.0 Å². The monoisotopic (exact) mass is 412 g/mol. The zero-order chi connectivity index (χ0) is 21.7. The highest BCUT2D eigenvalue weighted by Crippen LogP contribution is 2.29. The van der Waals surface area contributed by atoms with Gasteiger partial charge in [0.05, 0.1) is 25.6 Å². The first-order valence-electron chi connectivity index (χ1n) is 9.71. The lowest BCUT2D eigenvalue weighted by molar-refractivity contribution is -0.384. The van der Waals surface area contributed by atoms with Gasteiger partial charge in [-0.1, -0.05) is 12.1 Å². The summed E-state index contributed by atoms with van der Waals surface area (Å²) in [4.78, 5) is 37.6. The maximum Gasteiger partial charge on any atom is 0.269 e. The molecule has 158 valence electrons. The molecule has 1 saturated heterocycles. The van der Waals surface area contributed by atoms with Crippen LogP contribution in [0.1, 0.15) is 35.2 Å². The molecular weight excluding hydrogens is 388 g/mol. The number of hydrogen-bond donors (Lipinski definition) is 0. The van der Waals surface area contributed by atoms with Gasteiger partial charge in [0, 0.05) is 36.7 Å². The summed E-state index contributed by atoms with van der Waals surface area (Å²) in [7, 11) is 3.05. The Labute approximate surface area is 174 Å². The Hall–Kier alpha value is -3.42. The van der Waals surface area contributed by atoms with E-state index in [1.807, 2.05) is 0 Å². The number of carbonyl (C=O) groups excluding carboxylic acids is 2. The van der Waals surface area contributed by atoms with Crippen LogP contribution in [0.2, 0.25) is 0 Å². The highest BCUT2D eigenvalue weighted by molar-refractivity contribution is 5.97. The number of non-ortho nitro benzene ring substituents is 1. The molecule has 30 heavy (non-hydrogen) atoms. The van der Waals surface area contributed by atoms with Gasteiger partial charge in [0.25, 0.3) is 5.69 Å². The highest BCUT2D eigenvalue weighted by atomic mass is 16.6. The second kappa shape index (κ2) is 9.39. The molecule has 1 fully saturated rings. The number of rotatable bonds is 8. The van der Waals surface area contributed by atoms with Gasteiger partial charge in [-0.25, -0.2) is 0 Å². The van der Waals surface area contributed by atoms with Crippen LogP contribution in [0.3, 0.4) is 0 Å². The third kappa shape index (κ3) is 4.76. The van der Waals surface area contributed by atoms with Crippen molar-refractivity contribution in [3.8, 4) is 11.5 Å². The van der Waals surface area contributed by atoms with Gasteiger partial charge in [-0.3, -0.25) is 19.7 Å². The van der Waals surface area contributed by atoms with E-state index < -0.39 is 4.92 Å². The summed E-state index contributed by atoms with van der Waals surface area (Å²) in [5.41, 5.74) is 1.22. The fourth-order valence-corrected chi connectivity index (χ4v) is 3.73. The summed E-state index contributed by atoms with van der Waals surface area (Å²) in [6.07, 6.45) is 2.00. The van der Waals surface area contributed by atoms with Gasteiger partial charge in [0.1, 0.15) is 0 Å². The van der Waals surface area contributed by atoms with Crippen LogP contribution >= 0.6 is 0 Å². The minimum absolute atomic E-state index is 0.00855. The molecule has 0 aromatic heterocycles. The number of benzene rings is 2. The number of Topliss-reactive ketones (excluding diaryl/α,β-unsaturated/α-hetero) is 1. The lowest BCUT2D eigenvalue weighted by Crippen LogP contribution is -2.37. The van der Waals surface area contributed by atoms with Crippen LogP contribution in [-0.2, 0) is 11.2 Å². The Morgan fingerprint density at radius 1 is 1.10 bits per heavy atom. The van der Waals surface area contributed by atoms with E-state index in [9.17, 15) is 19.7 Å². The Morgan fingerprint density at radius 3 is 2.43 bits per heavy atom. The molecule has 8 nitrogen and oxygen atoms in total. The zero-order valence-corrected chi connectivity index (χ0v) is 17.0. The number of nitro groups is 1. The van der Waals surface area contributed by atoms with E-state index in [0.717, 1.165) is 12.8 Å². The number of likely N-dealkylation sites (tertiary alicyclic amines) is 1. The number of amides is 1. The second-order valence-corrected chi connectivity index (χ2v) is 7.18. The fraction of sp³-hybridized carbons (Fsp3) is 0.364. The van der Waals surface area contributed by atoms with Crippen LogP contribution in [0.25, 0.3) is 0 Å². The molecule has 0 spiro atoms. The topological polar surface area (TPSA) is 99.0 Å². The number of nitrogens with zero attached hydrogens (tertiary/aromatic N) is 2. The van der Waals surface area contributed by atoms with Crippen molar-refractivity contribution in [2.45, 2.75) is 31.7 Å². The van der Waals surface area contributed by atoms with Gasteiger partial charge >= 0.3 is 0 Å². The second-order valence-electron chi connectivity index (χ2n) is 7.18. The summed E-state index contributed by atoms with van der Waals surface area (Å²) < 4.78 is 10.5. The van der Waals surface area contributed by atoms with E-state index in [-0.39, 0.29) is 36.3 Å². The summed E-state index contributed by atoms with van der Waals surface area (Å²) >= 11 is 0. The van der Waals surface area contributed by atoms with Gasteiger partial charge in [-0.2, -0.15) is 0 Å². The van der Waals surface area contributed by atoms with Crippen molar-refractivity contribution in [3.63, 3.8) is 0 Å². The number of carbonyl (C=O) groups is 2. The maximum atomic E-state index is 12.8. The number of ether oxygens (including phenoxy) is 2. The number of hydrogen-bond acceptors (Lipinski definition) is 6. The highest BCUT2D eigenvalue weighted by Gasteiger charge is 2.30. The van der Waals surface area contributed by atoms with Crippen LogP contribution in [0.5, 0.6) is 11.5 Å². The predicted molar refractivity (Wildman–Crippen MR) is 110 cm³/mol. The van der Waals surface area contributed by atoms with E-state index in [0.29, 0.717) is 29.2 Å². The number of ketones is 1. The first-order valence-corrected chi connectivity index (χ1v) is 9.71. The van der Waals surface area contributed by atoms with Crippen molar-refractivity contribution in [2.75, 3.05) is 20.8 Å². The zero-order valence-electron chi connectivity index (χ0n) is 17.0. The van der Waals surface area contributed by atoms with Gasteiger partial charge in [-0.15, -0.1) is 0 Å². The van der Waals surface area contributed by atoms with Crippen molar-refractivity contribution in [3.05, 3.63) is 63.7 Å². The van der Waals surface area contributed by atoms with Gasteiger partial charge in [0.2, 0.25) is 5.91 Å². The molecular formula is C22H24N2O6. The molecule has 2 aromatic rings. The molecule has 0 saturated carbocycles. The maximum absolute atomic E-state index is 12.8. The van der Waals surface area contributed by atoms with Crippen molar-refractivity contribution in [1.82, 2.24) is 4.90 Å². The lowest BCUT2D eigenvalue weighted by atomic mass is 10.0. The molecule has 0 aliphatic carbocycles. The molecule has 3 rings (SSSR count). The van der Waals surface area contributed by atoms with E-state index >= 15 is 0 Å². The molecule has 0 bridgehead atoms. The molecule has 1 atom stereocenters. The smallest absolute Gasteiger partial charge is 0.269 e. The molecule has 1 amide bonds. The van der Waals surface area contributed by atoms with Crippen LogP contribution in [0, 0.1) is 10.1 Å². The summed E-state index contributed by atoms with van der Waals surface area (Å²) in [5, 5.41) is 10.8. The Bertz CT molecular complexity index is 941. The van der Waals surface area contributed by atoms with E-state index in [1.165, 1.54) is 26.4 Å². The quantitative estimate of drug-likeness (QED) is 0.374. The van der Waals surface area contributed by atoms with E-state index in [2.05, 4.69) is 0 Å². The molecule has 8 heteroatoms. The van der Waals surface area contributed by atoms with Crippen LogP contribution < -0.4 is 9.47 Å². The number of methoxy groups -OCH3 is 2. The minimum Gasteiger partial charge on any atom is -0.493 e. The molecule has 1 aliphatic rings.